The summed E-state index contributed by atoms with van der Waals surface area (Å²) in [5.41, 5.74) is 2.86. The van der Waals surface area contributed by atoms with E-state index in [1.165, 1.54) is 6.07 Å². The number of hydrogen-bond acceptors (Lipinski definition) is 8. The van der Waals surface area contributed by atoms with Gasteiger partial charge in [0, 0.05) is 11.1 Å². The van der Waals surface area contributed by atoms with Crippen molar-refractivity contribution in [2.45, 2.75) is 23.6 Å². The van der Waals surface area contributed by atoms with E-state index in [2.05, 4.69) is 10.6 Å². The van der Waals surface area contributed by atoms with Crippen molar-refractivity contribution in [2.75, 3.05) is 17.7 Å². The molecular formula is C29H24N2O7S2. The average molecular weight is 577 g/mol. The first-order valence-electron chi connectivity index (χ1n) is 12.0. The molecule has 0 aliphatic heterocycles. The van der Waals surface area contributed by atoms with Gasteiger partial charge in [0.15, 0.2) is 22.6 Å². The Labute approximate surface area is 233 Å². The van der Waals surface area contributed by atoms with Gasteiger partial charge in [-0.1, -0.05) is 36.4 Å². The molecule has 40 heavy (non-hydrogen) atoms. The van der Waals surface area contributed by atoms with Gasteiger partial charge in [0.25, 0.3) is 10.1 Å². The molecule has 1 unspecified atom stereocenters. The zero-order valence-corrected chi connectivity index (χ0v) is 23.3. The van der Waals surface area contributed by atoms with Crippen LogP contribution in [-0.2, 0) is 25.4 Å². The lowest BCUT2D eigenvalue weighted by Gasteiger charge is -2.24. The monoisotopic (exact) mass is 576 g/mol. The van der Waals surface area contributed by atoms with Crippen LogP contribution in [0, 0.1) is 13.8 Å². The zero-order valence-electron chi connectivity index (χ0n) is 21.6. The zero-order chi connectivity index (χ0) is 28.8. The van der Waals surface area contributed by atoms with Crippen molar-refractivity contribution in [3.8, 4) is 0 Å². The van der Waals surface area contributed by atoms with Gasteiger partial charge in [0.2, 0.25) is 0 Å². The smallest absolute Gasteiger partial charge is 0.298 e. The van der Waals surface area contributed by atoms with Crippen molar-refractivity contribution in [3.63, 3.8) is 0 Å². The second-order valence-corrected chi connectivity index (χ2v) is 11.9. The number of rotatable bonds is 7. The molecule has 204 valence electrons. The third-order valence-corrected chi connectivity index (χ3v) is 8.59. The highest BCUT2D eigenvalue weighted by Gasteiger charge is 2.34. The maximum Gasteiger partial charge on any atom is 0.298 e. The van der Waals surface area contributed by atoms with Crippen LogP contribution in [-0.4, -0.2) is 35.9 Å². The maximum atomic E-state index is 13.8. The molecule has 0 saturated heterocycles. The molecule has 1 atom stereocenters. The van der Waals surface area contributed by atoms with Gasteiger partial charge in [-0.15, -0.1) is 0 Å². The lowest BCUT2D eigenvalue weighted by atomic mass is 9.82. The van der Waals surface area contributed by atoms with E-state index < -0.39 is 32.8 Å². The summed E-state index contributed by atoms with van der Waals surface area (Å²) >= 11 is -2.32. The summed E-state index contributed by atoms with van der Waals surface area (Å²) in [5, 5.41) is 6.09. The van der Waals surface area contributed by atoms with E-state index in [4.69, 9.17) is 4.18 Å². The summed E-state index contributed by atoms with van der Waals surface area (Å²) < 4.78 is 51.9. The second-order valence-electron chi connectivity index (χ2n) is 9.23. The summed E-state index contributed by atoms with van der Waals surface area (Å²) in [5.74, 6) is -0.863. The van der Waals surface area contributed by atoms with Gasteiger partial charge in [-0.2, -0.15) is 8.42 Å². The molecule has 9 nitrogen and oxygen atoms in total. The van der Waals surface area contributed by atoms with E-state index in [0.29, 0.717) is 11.3 Å². The molecule has 3 N–H and O–H groups in total. The van der Waals surface area contributed by atoms with E-state index in [1.807, 2.05) is 0 Å². The number of anilines is 4. The fourth-order valence-electron chi connectivity index (χ4n) is 4.63. The Balaban J connectivity index is 1.71. The molecule has 1 aliphatic carbocycles. The topological polar surface area (TPSA) is 139 Å². The Morgan fingerprint density at radius 2 is 1.20 bits per heavy atom. The maximum absolute atomic E-state index is 13.8. The molecular weight excluding hydrogens is 552 g/mol. The summed E-state index contributed by atoms with van der Waals surface area (Å²) in [6, 6.07) is 19.2. The highest BCUT2D eigenvalue weighted by molar-refractivity contribution is 7.87. The Bertz CT molecular complexity index is 1850. The predicted molar refractivity (Wildman–Crippen MR) is 152 cm³/mol. The van der Waals surface area contributed by atoms with Crippen LogP contribution in [0.3, 0.4) is 0 Å². The Morgan fingerprint density at radius 3 is 1.73 bits per heavy atom. The first-order valence-corrected chi connectivity index (χ1v) is 14.6. The minimum absolute atomic E-state index is 0.0359. The highest BCUT2D eigenvalue weighted by Crippen LogP contribution is 2.40. The molecule has 4 aromatic carbocycles. The molecule has 4 aromatic rings. The number of carbonyl (C=O) groups excluding carboxylic acids is 2. The Hall–Kier alpha value is -4.16. The summed E-state index contributed by atoms with van der Waals surface area (Å²) in [6.07, 6.45) is 0. The van der Waals surface area contributed by atoms with Gasteiger partial charge in [0.1, 0.15) is 4.90 Å². The van der Waals surface area contributed by atoms with Crippen LogP contribution in [0.15, 0.2) is 82.6 Å². The fourth-order valence-corrected chi connectivity index (χ4v) is 6.12. The quantitative estimate of drug-likeness (QED) is 0.170. The molecule has 5 rings (SSSR count). The molecule has 0 spiro atoms. The van der Waals surface area contributed by atoms with Crippen molar-refractivity contribution < 1.29 is 31.0 Å². The van der Waals surface area contributed by atoms with Crippen molar-refractivity contribution in [2.24, 2.45) is 0 Å². The summed E-state index contributed by atoms with van der Waals surface area (Å²) in [6.45, 7) is 3.52. The van der Waals surface area contributed by atoms with E-state index in [9.17, 15) is 26.8 Å². The molecule has 0 bridgehead atoms. The first kappa shape index (κ1) is 27.4. The van der Waals surface area contributed by atoms with Gasteiger partial charge < -0.3 is 15.2 Å². The van der Waals surface area contributed by atoms with Crippen LogP contribution < -0.4 is 10.6 Å². The van der Waals surface area contributed by atoms with Crippen LogP contribution >= 0.6 is 0 Å². The van der Waals surface area contributed by atoms with E-state index in [0.717, 1.165) is 12.7 Å². The molecule has 0 radical (unpaired) electrons. The van der Waals surface area contributed by atoms with Crippen LogP contribution in [0.4, 0.5) is 22.7 Å². The second kappa shape index (κ2) is 10.4. The number of aryl methyl sites for hydroxylation is 2. The largest absolute Gasteiger partial charge is 0.354 e. The Kier molecular flexibility index (Phi) is 7.15. The average Bonchev–Trinajstić information content (AvgIpc) is 2.94. The number of nitrogens with one attached hydrogen (secondary N) is 2. The predicted octanol–water partition coefficient (Wildman–Crippen LogP) is 5.48. The fraction of sp³-hybridized carbons (Fsp3) is 0.103. The molecule has 0 heterocycles. The third kappa shape index (κ3) is 4.84. The number of ketones is 2. The number of benzene rings is 4. The van der Waals surface area contributed by atoms with Gasteiger partial charge in [0.05, 0.1) is 45.9 Å². The minimum atomic E-state index is -4.11. The van der Waals surface area contributed by atoms with E-state index in [1.54, 1.807) is 80.6 Å². The SMILES string of the molecule is COS(=O)(=O)c1cc(C)ccc1Nc1ccc(Nc2ccc(C)cc2S(=O)O)c2c1C(=O)c1ccccc1C2=O. The van der Waals surface area contributed by atoms with Gasteiger partial charge >= 0.3 is 0 Å². The summed E-state index contributed by atoms with van der Waals surface area (Å²) in [4.78, 5) is 27.6. The molecule has 11 heteroatoms. The van der Waals surface area contributed by atoms with Crippen molar-refractivity contribution in [1.29, 1.82) is 0 Å². The molecule has 1 aliphatic rings. The lowest BCUT2D eigenvalue weighted by Crippen LogP contribution is -2.23. The minimum Gasteiger partial charge on any atom is -0.354 e. The standard InChI is InChI=1S/C29H24N2O7S2/c1-16-8-10-20(24(14-16)39(34)35)30-22-12-13-23(31-21-11-9-17(2)15-25(21)40(36,37)38-3)27-26(22)28(32)18-6-4-5-7-19(18)29(27)33/h4-15,30-31H,1-3H3,(H,34,35). The van der Waals surface area contributed by atoms with Crippen LogP contribution in [0.25, 0.3) is 0 Å². The lowest BCUT2D eigenvalue weighted by molar-refractivity contribution is 0.0980. The van der Waals surface area contributed by atoms with Gasteiger partial charge in [-0.25, -0.2) is 4.21 Å². The number of fused-ring (bicyclic) bond motifs is 2. The normalized spacial score (nSPS) is 13.4. The number of carbonyl (C=O) groups is 2. The molecule has 0 aromatic heterocycles. The van der Waals surface area contributed by atoms with Gasteiger partial charge in [-0.3, -0.25) is 13.8 Å². The third-order valence-electron chi connectivity index (χ3n) is 6.57. The Morgan fingerprint density at radius 1 is 0.725 bits per heavy atom. The van der Waals surface area contributed by atoms with Crippen LogP contribution in [0.5, 0.6) is 0 Å². The molecule has 0 saturated carbocycles. The highest BCUT2D eigenvalue weighted by atomic mass is 32.2. The van der Waals surface area contributed by atoms with Crippen LogP contribution in [0.1, 0.15) is 43.0 Å². The number of hydrogen-bond donors (Lipinski definition) is 3. The van der Waals surface area contributed by atoms with E-state index in [-0.39, 0.29) is 49.1 Å². The van der Waals surface area contributed by atoms with Gasteiger partial charge in [-0.05, 0) is 61.4 Å². The van der Waals surface area contributed by atoms with Crippen LogP contribution in [0.2, 0.25) is 0 Å². The summed E-state index contributed by atoms with van der Waals surface area (Å²) in [7, 11) is -3.05. The van der Waals surface area contributed by atoms with Crippen molar-refractivity contribution in [3.05, 3.63) is 106 Å². The van der Waals surface area contributed by atoms with Crippen molar-refractivity contribution in [1.82, 2.24) is 0 Å². The molecule has 0 fully saturated rings. The van der Waals surface area contributed by atoms with Crippen molar-refractivity contribution >= 4 is 55.5 Å². The first-order chi connectivity index (χ1) is 19.0. The molecule has 0 amide bonds. The van der Waals surface area contributed by atoms with E-state index >= 15 is 0 Å².